The van der Waals surface area contributed by atoms with E-state index in [1.807, 2.05) is 71.0 Å². The number of carbonyl (C=O) groups is 2. The number of urea groups is 1. The number of ether oxygens (including phenoxy) is 2. The van der Waals surface area contributed by atoms with Gasteiger partial charge in [-0.1, -0.05) is 45.0 Å². The summed E-state index contributed by atoms with van der Waals surface area (Å²) in [6.45, 7) is 13.0. The van der Waals surface area contributed by atoms with Crippen molar-refractivity contribution >= 4 is 23.6 Å². The van der Waals surface area contributed by atoms with E-state index in [1.165, 1.54) is 4.57 Å². The van der Waals surface area contributed by atoms with Crippen LogP contribution >= 0.6 is 0 Å². The monoisotopic (exact) mass is 659 g/mol. The fraction of sp³-hybridized carbons (Fsp3) is 0.486. The molecule has 1 aliphatic rings. The van der Waals surface area contributed by atoms with Crippen molar-refractivity contribution in [2.75, 3.05) is 39.1 Å². The van der Waals surface area contributed by atoms with Crippen molar-refractivity contribution in [1.82, 2.24) is 30.1 Å². The van der Waals surface area contributed by atoms with Crippen LogP contribution in [0.5, 0.6) is 5.75 Å². The van der Waals surface area contributed by atoms with E-state index in [1.54, 1.807) is 38.2 Å². The molecule has 2 aromatic heterocycles. The molecule has 0 spiro atoms. The fourth-order valence-corrected chi connectivity index (χ4v) is 5.42. The quantitative estimate of drug-likeness (QED) is 0.146. The van der Waals surface area contributed by atoms with Crippen LogP contribution in [0, 0.1) is 10.8 Å². The van der Waals surface area contributed by atoms with Gasteiger partial charge in [-0.15, -0.1) is 0 Å². The molecule has 48 heavy (non-hydrogen) atoms. The van der Waals surface area contributed by atoms with Crippen molar-refractivity contribution in [3.63, 3.8) is 0 Å². The number of anilines is 1. The van der Waals surface area contributed by atoms with Crippen LogP contribution in [0.4, 0.5) is 10.6 Å². The Kier molecular flexibility index (Phi) is 11.4. The van der Waals surface area contributed by atoms with Gasteiger partial charge in [0.05, 0.1) is 17.9 Å². The first-order valence-electron chi connectivity index (χ1n) is 16.2. The van der Waals surface area contributed by atoms with Crippen LogP contribution < -0.4 is 26.2 Å². The third-order valence-electron chi connectivity index (χ3n) is 8.04. The number of hydrogen-bond donors (Lipinski definition) is 5. The maximum absolute atomic E-state index is 13.3. The molecule has 1 aliphatic carbocycles. The Balaban J connectivity index is 1.50. The lowest BCUT2D eigenvalue weighted by atomic mass is 9.85. The lowest BCUT2D eigenvalue weighted by Gasteiger charge is -2.32. The lowest BCUT2D eigenvalue weighted by molar-refractivity contribution is 0.0407. The third kappa shape index (κ3) is 9.04. The van der Waals surface area contributed by atoms with Crippen LogP contribution in [0.1, 0.15) is 94.0 Å². The summed E-state index contributed by atoms with van der Waals surface area (Å²) in [4.78, 5) is 37.0. The Morgan fingerprint density at radius 1 is 1.04 bits per heavy atom. The largest absolute Gasteiger partial charge is 0.484 e. The average Bonchev–Trinajstić information content (AvgIpc) is 3.02. The number of carbonyl (C=O) groups excluding carboxylic acids is 2. The predicted molar refractivity (Wildman–Crippen MR) is 185 cm³/mol. The number of rotatable bonds is 11. The van der Waals surface area contributed by atoms with E-state index in [4.69, 9.17) is 20.3 Å². The molecule has 258 valence electrons. The van der Waals surface area contributed by atoms with Crippen molar-refractivity contribution in [2.45, 2.75) is 77.5 Å². The van der Waals surface area contributed by atoms with Crippen molar-refractivity contribution in [3.05, 3.63) is 76.8 Å². The Labute approximate surface area is 282 Å². The molecule has 1 aromatic carbocycles. The smallest absolute Gasteiger partial charge is 0.320 e. The highest BCUT2D eigenvalue weighted by atomic mass is 16.5. The fourth-order valence-electron chi connectivity index (χ4n) is 5.42. The average molecular weight is 660 g/mol. The van der Waals surface area contributed by atoms with Gasteiger partial charge in [0, 0.05) is 31.2 Å². The molecule has 3 aromatic rings. The minimum atomic E-state index is -0.884. The summed E-state index contributed by atoms with van der Waals surface area (Å²) in [7, 11) is 3.85. The summed E-state index contributed by atoms with van der Waals surface area (Å²) in [5.41, 5.74) is 1.38. The van der Waals surface area contributed by atoms with Gasteiger partial charge < -0.3 is 25.0 Å². The number of fused-ring (bicyclic) bond motifs is 1. The van der Waals surface area contributed by atoms with Crippen LogP contribution in [0.15, 0.2) is 48.7 Å². The molecule has 2 heterocycles. The Bertz CT molecular complexity index is 1690. The van der Waals surface area contributed by atoms with E-state index in [-0.39, 0.29) is 40.5 Å². The summed E-state index contributed by atoms with van der Waals surface area (Å²) in [5.74, 6) is 0.480. The summed E-state index contributed by atoms with van der Waals surface area (Å²) >= 11 is 0. The number of benzene rings is 1. The highest BCUT2D eigenvalue weighted by Crippen LogP contribution is 2.38. The molecule has 0 bridgehead atoms. The molecule has 13 heteroatoms. The molecular formula is C35H49N9O4. The molecule has 0 aliphatic heterocycles. The topological polar surface area (TPSA) is 170 Å². The summed E-state index contributed by atoms with van der Waals surface area (Å²) < 4.78 is 13.6. The maximum atomic E-state index is 13.3. The molecule has 0 saturated carbocycles. The van der Waals surface area contributed by atoms with E-state index >= 15 is 0 Å². The highest BCUT2D eigenvalue weighted by molar-refractivity contribution is 5.92. The number of nitrogens with zero attached hydrogens (tertiary/aromatic N) is 4. The van der Waals surface area contributed by atoms with E-state index in [0.717, 1.165) is 11.1 Å². The Morgan fingerprint density at radius 2 is 1.75 bits per heavy atom. The number of aromatic nitrogens is 3. The zero-order chi connectivity index (χ0) is 35.2. The van der Waals surface area contributed by atoms with Gasteiger partial charge in [0.1, 0.15) is 34.6 Å². The number of amides is 3. The van der Waals surface area contributed by atoms with E-state index in [0.29, 0.717) is 44.0 Å². The molecule has 5 N–H and O–H groups in total. The number of nitrogens with one attached hydrogen (secondary N) is 5. The number of pyridine rings is 1. The van der Waals surface area contributed by atoms with Gasteiger partial charge in [-0.05, 0) is 71.0 Å². The molecule has 0 saturated heterocycles. The standard InChI is InChI=1S/C35H49N9O4/c1-9-47-35(5,6)32(37)44-21-22(14-17-28(44)36)48-26-16-15-25(23-12-10-11-13-24(23)26)39-33(46)42-29-20-27(34(2,3)4)40-30(41-29)31(45)38-18-19-43(7)8/h10-14,17,20-21,25-26,36-37H,9,15-16,18-19H2,1-8H3,(H,38,45)(H2,39,40,41,42,46). The van der Waals surface area contributed by atoms with Gasteiger partial charge >= 0.3 is 6.03 Å². The second-order valence-corrected chi connectivity index (χ2v) is 13.6. The first-order chi connectivity index (χ1) is 22.6. The Hall–Kier alpha value is -4.62. The first kappa shape index (κ1) is 36.2. The van der Waals surface area contributed by atoms with E-state index in [9.17, 15) is 9.59 Å². The van der Waals surface area contributed by atoms with Gasteiger partial charge in [-0.3, -0.25) is 25.5 Å². The normalized spacial score (nSPS) is 16.2. The molecule has 2 atom stereocenters. The van der Waals surface area contributed by atoms with Crippen molar-refractivity contribution in [2.24, 2.45) is 0 Å². The molecule has 0 radical (unpaired) electrons. The van der Waals surface area contributed by atoms with E-state index < -0.39 is 17.5 Å². The summed E-state index contributed by atoms with van der Waals surface area (Å²) in [6, 6.07) is 12.1. The number of likely N-dealkylation sites (N-methyl/N-ethyl adjacent to an activating group) is 1. The van der Waals surface area contributed by atoms with E-state index in [2.05, 4.69) is 25.9 Å². The highest BCUT2D eigenvalue weighted by Gasteiger charge is 2.31. The third-order valence-corrected chi connectivity index (χ3v) is 8.04. The zero-order valence-electron chi connectivity index (χ0n) is 29.2. The summed E-state index contributed by atoms with van der Waals surface area (Å²) in [6.07, 6.45) is 2.57. The van der Waals surface area contributed by atoms with Crippen LogP contribution in [0.25, 0.3) is 0 Å². The Morgan fingerprint density at radius 3 is 2.42 bits per heavy atom. The van der Waals surface area contributed by atoms with Crippen molar-refractivity contribution < 1.29 is 19.1 Å². The second kappa shape index (κ2) is 15.1. The van der Waals surface area contributed by atoms with Crippen LogP contribution in [-0.4, -0.2) is 76.6 Å². The van der Waals surface area contributed by atoms with Crippen molar-refractivity contribution in [1.29, 1.82) is 10.8 Å². The minimum Gasteiger partial charge on any atom is -0.484 e. The molecule has 0 fully saturated rings. The van der Waals surface area contributed by atoms with Crippen molar-refractivity contribution in [3.8, 4) is 5.75 Å². The summed E-state index contributed by atoms with van der Waals surface area (Å²) in [5, 5.41) is 25.8. The zero-order valence-corrected chi connectivity index (χ0v) is 29.2. The SMILES string of the molecule is CCOC(C)(C)C(=N)n1cc(OC2CCC(NC(=O)Nc3cc(C(C)(C)C)nc(C(=O)NCCN(C)C)n3)c3ccccc32)ccc1=N. The number of hydrogen-bond acceptors (Lipinski definition) is 9. The molecule has 13 nitrogen and oxygen atoms in total. The molecule has 2 unspecified atom stereocenters. The van der Waals surface area contributed by atoms with Gasteiger partial charge in [0.15, 0.2) is 0 Å². The van der Waals surface area contributed by atoms with Gasteiger partial charge in [0.25, 0.3) is 5.91 Å². The van der Waals surface area contributed by atoms with Gasteiger partial charge in [-0.2, -0.15) is 0 Å². The van der Waals surface area contributed by atoms with Crippen LogP contribution in [-0.2, 0) is 10.2 Å². The maximum Gasteiger partial charge on any atom is 0.320 e. The molecular weight excluding hydrogens is 610 g/mol. The predicted octanol–water partition coefficient (Wildman–Crippen LogP) is 4.76. The lowest BCUT2D eigenvalue weighted by Crippen LogP contribution is -2.43. The van der Waals surface area contributed by atoms with Gasteiger partial charge in [-0.25, -0.2) is 14.8 Å². The molecule has 4 rings (SSSR count). The van der Waals surface area contributed by atoms with Crippen LogP contribution in [0.3, 0.4) is 0 Å². The van der Waals surface area contributed by atoms with Gasteiger partial charge in [0.2, 0.25) is 5.82 Å². The first-order valence-corrected chi connectivity index (χ1v) is 16.2. The second-order valence-electron chi connectivity index (χ2n) is 13.6. The van der Waals surface area contributed by atoms with Crippen LogP contribution in [0.2, 0.25) is 0 Å². The molecule has 3 amide bonds. The minimum absolute atomic E-state index is 0.00385.